The highest BCUT2D eigenvalue weighted by atomic mass is 16.3. The van der Waals surface area contributed by atoms with Crippen molar-refractivity contribution in [3.63, 3.8) is 0 Å². The van der Waals surface area contributed by atoms with Crippen LogP contribution in [0, 0.1) is 0 Å². The number of rotatable bonds is 6. The molecule has 0 unspecified atom stereocenters. The highest BCUT2D eigenvalue weighted by Gasteiger charge is 2.11. The predicted molar refractivity (Wildman–Crippen MR) is 77.2 cm³/mol. The number of aryl methyl sites for hydroxylation is 2. The number of hydrogen-bond acceptors (Lipinski definition) is 3. The standard InChI is InChI=1S/C15H21N3O/c1-3-15-13(11-17(2)16-15)12-18(9-10-19)14-7-5-4-6-8-14/h4-8,11,19H,3,9-10,12H2,1-2H3. The predicted octanol–water partition coefficient (Wildman–Crippen LogP) is 1.98. The van der Waals surface area contributed by atoms with E-state index >= 15 is 0 Å². The molecular weight excluding hydrogens is 238 g/mol. The number of anilines is 1. The maximum absolute atomic E-state index is 9.25. The molecule has 0 radical (unpaired) electrons. The summed E-state index contributed by atoms with van der Waals surface area (Å²) in [5, 5.41) is 13.7. The smallest absolute Gasteiger partial charge is 0.0671 e. The number of nitrogens with zero attached hydrogens (tertiary/aromatic N) is 3. The lowest BCUT2D eigenvalue weighted by Crippen LogP contribution is -2.26. The zero-order chi connectivity index (χ0) is 13.7. The number of para-hydroxylation sites is 1. The molecule has 0 aliphatic carbocycles. The Morgan fingerprint density at radius 3 is 2.63 bits per heavy atom. The van der Waals surface area contributed by atoms with E-state index in [1.54, 1.807) is 0 Å². The summed E-state index contributed by atoms with van der Waals surface area (Å²) in [6.07, 6.45) is 2.99. The van der Waals surface area contributed by atoms with Crippen LogP contribution in [0.25, 0.3) is 0 Å². The Balaban J connectivity index is 2.21. The van der Waals surface area contributed by atoms with Gasteiger partial charge in [-0.3, -0.25) is 4.68 Å². The van der Waals surface area contributed by atoms with Crippen molar-refractivity contribution in [2.45, 2.75) is 19.9 Å². The molecular formula is C15H21N3O. The fraction of sp³-hybridized carbons (Fsp3) is 0.400. The van der Waals surface area contributed by atoms with E-state index in [2.05, 4.69) is 35.3 Å². The molecule has 4 heteroatoms. The van der Waals surface area contributed by atoms with Crippen LogP contribution in [0.4, 0.5) is 5.69 Å². The minimum absolute atomic E-state index is 0.149. The van der Waals surface area contributed by atoms with Crippen molar-refractivity contribution in [2.24, 2.45) is 7.05 Å². The van der Waals surface area contributed by atoms with Gasteiger partial charge in [0.1, 0.15) is 0 Å². The van der Waals surface area contributed by atoms with Crippen LogP contribution in [-0.4, -0.2) is 28.0 Å². The van der Waals surface area contributed by atoms with Gasteiger partial charge in [-0.1, -0.05) is 25.1 Å². The molecule has 0 aliphatic rings. The zero-order valence-electron chi connectivity index (χ0n) is 11.6. The highest BCUT2D eigenvalue weighted by Crippen LogP contribution is 2.18. The summed E-state index contributed by atoms with van der Waals surface area (Å²) in [6, 6.07) is 10.2. The van der Waals surface area contributed by atoms with Crippen LogP contribution in [0.15, 0.2) is 36.5 Å². The van der Waals surface area contributed by atoms with Gasteiger partial charge in [-0.05, 0) is 18.6 Å². The largest absolute Gasteiger partial charge is 0.395 e. The first-order chi connectivity index (χ1) is 9.24. The van der Waals surface area contributed by atoms with Crippen LogP contribution in [0.1, 0.15) is 18.2 Å². The first-order valence-electron chi connectivity index (χ1n) is 6.66. The van der Waals surface area contributed by atoms with Gasteiger partial charge in [-0.15, -0.1) is 0 Å². The lowest BCUT2D eigenvalue weighted by atomic mass is 10.2. The van der Waals surface area contributed by atoms with Crippen molar-refractivity contribution in [1.82, 2.24) is 9.78 Å². The second-order valence-electron chi connectivity index (χ2n) is 4.61. The van der Waals surface area contributed by atoms with Crippen LogP contribution in [0.3, 0.4) is 0 Å². The van der Waals surface area contributed by atoms with E-state index in [9.17, 15) is 5.11 Å². The molecule has 1 aromatic heterocycles. The maximum Gasteiger partial charge on any atom is 0.0671 e. The molecule has 0 saturated carbocycles. The molecule has 0 spiro atoms. The number of hydrogen-bond donors (Lipinski definition) is 1. The molecule has 0 aliphatic heterocycles. The molecule has 0 saturated heterocycles. The fourth-order valence-electron chi connectivity index (χ4n) is 2.28. The lowest BCUT2D eigenvalue weighted by molar-refractivity contribution is 0.301. The zero-order valence-corrected chi connectivity index (χ0v) is 11.6. The van der Waals surface area contributed by atoms with Crippen molar-refractivity contribution in [3.8, 4) is 0 Å². The lowest BCUT2D eigenvalue weighted by Gasteiger charge is -2.23. The summed E-state index contributed by atoms with van der Waals surface area (Å²) < 4.78 is 1.86. The van der Waals surface area contributed by atoms with Crippen molar-refractivity contribution in [1.29, 1.82) is 0 Å². The molecule has 1 aromatic carbocycles. The Hall–Kier alpha value is -1.81. The molecule has 0 fully saturated rings. The van der Waals surface area contributed by atoms with Gasteiger partial charge in [0.05, 0.1) is 12.3 Å². The van der Waals surface area contributed by atoms with Crippen molar-refractivity contribution in [2.75, 3.05) is 18.1 Å². The normalized spacial score (nSPS) is 10.7. The summed E-state index contributed by atoms with van der Waals surface area (Å²) in [4.78, 5) is 2.18. The summed E-state index contributed by atoms with van der Waals surface area (Å²) in [6.45, 7) is 3.67. The Bertz CT molecular complexity index is 507. The van der Waals surface area contributed by atoms with Crippen molar-refractivity contribution < 1.29 is 5.11 Å². The van der Waals surface area contributed by atoms with Gasteiger partial charge in [0.2, 0.25) is 0 Å². The van der Waals surface area contributed by atoms with Crippen LogP contribution >= 0.6 is 0 Å². The average molecular weight is 259 g/mol. The van der Waals surface area contributed by atoms with Gasteiger partial charge < -0.3 is 10.0 Å². The third-order valence-electron chi connectivity index (χ3n) is 3.18. The van der Waals surface area contributed by atoms with Gasteiger partial charge in [0.25, 0.3) is 0 Å². The summed E-state index contributed by atoms with van der Waals surface area (Å²) in [5.74, 6) is 0. The van der Waals surface area contributed by atoms with Crippen molar-refractivity contribution >= 4 is 5.69 Å². The topological polar surface area (TPSA) is 41.3 Å². The second-order valence-corrected chi connectivity index (χ2v) is 4.61. The highest BCUT2D eigenvalue weighted by molar-refractivity contribution is 5.46. The summed E-state index contributed by atoms with van der Waals surface area (Å²) in [5.41, 5.74) is 3.48. The van der Waals surface area contributed by atoms with Crippen LogP contribution < -0.4 is 4.90 Å². The Morgan fingerprint density at radius 2 is 2.00 bits per heavy atom. The van der Waals surface area contributed by atoms with E-state index in [-0.39, 0.29) is 6.61 Å². The third kappa shape index (κ3) is 3.35. The van der Waals surface area contributed by atoms with E-state index in [1.807, 2.05) is 29.9 Å². The third-order valence-corrected chi connectivity index (χ3v) is 3.18. The SMILES string of the molecule is CCc1nn(C)cc1CN(CCO)c1ccccc1. The fourth-order valence-corrected chi connectivity index (χ4v) is 2.28. The van der Waals surface area contributed by atoms with E-state index in [1.165, 1.54) is 5.56 Å². The van der Waals surface area contributed by atoms with Crippen LogP contribution in [0.5, 0.6) is 0 Å². The van der Waals surface area contributed by atoms with E-state index in [4.69, 9.17) is 0 Å². The maximum atomic E-state index is 9.25. The monoisotopic (exact) mass is 259 g/mol. The number of aliphatic hydroxyl groups excluding tert-OH is 1. The Kier molecular flexibility index (Phi) is 4.58. The molecule has 102 valence electrons. The van der Waals surface area contributed by atoms with Gasteiger partial charge in [0.15, 0.2) is 0 Å². The molecule has 4 nitrogen and oxygen atoms in total. The minimum atomic E-state index is 0.149. The molecule has 1 N–H and O–H groups in total. The molecule has 0 atom stereocenters. The molecule has 2 aromatic rings. The van der Waals surface area contributed by atoms with Gasteiger partial charge >= 0.3 is 0 Å². The minimum Gasteiger partial charge on any atom is -0.395 e. The van der Waals surface area contributed by atoms with Crippen molar-refractivity contribution in [3.05, 3.63) is 47.8 Å². The van der Waals surface area contributed by atoms with Crippen LogP contribution in [0.2, 0.25) is 0 Å². The summed E-state index contributed by atoms with van der Waals surface area (Å²) >= 11 is 0. The van der Waals surface area contributed by atoms with E-state index in [0.29, 0.717) is 6.54 Å². The number of benzene rings is 1. The Morgan fingerprint density at radius 1 is 1.26 bits per heavy atom. The molecule has 1 heterocycles. The van der Waals surface area contributed by atoms with E-state index < -0.39 is 0 Å². The van der Waals surface area contributed by atoms with Gasteiger partial charge in [0, 0.05) is 37.6 Å². The van der Waals surface area contributed by atoms with Gasteiger partial charge in [-0.25, -0.2) is 0 Å². The molecule has 2 rings (SSSR count). The van der Waals surface area contributed by atoms with E-state index in [0.717, 1.165) is 24.3 Å². The first kappa shape index (κ1) is 13.6. The average Bonchev–Trinajstić information content (AvgIpc) is 2.79. The second kappa shape index (κ2) is 6.38. The number of aliphatic hydroxyl groups is 1. The summed E-state index contributed by atoms with van der Waals surface area (Å²) in [7, 11) is 1.95. The molecule has 0 amide bonds. The first-order valence-corrected chi connectivity index (χ1v) is 6.66. The number of aromatic nitrogens is 2. The van der Waals surface area contributed by atoms with Crippen LogP contribution in [-0.2, 0) is 20.0 Å². The molecule has 0 bridgehead atoms. The molecule has 19 heavy (non-hydrogen) atoms. The van der Waals surface area contributed by atoms with Gasteiger partial charge in [-0.2, -0.15) is 5.10 Å². The Labute approximate surface area is 114 Å². The quantitative estimate of drug-likeness (QED) is 0.862.